The topological polar surface area (TPSA) is 59.0 Å². The molecule has 5 heteroatoms. The number of nitrogens with one attached hydrogen (secondary N) is 2. The Morgan fingerprint density at radius 1 is 1.35 bits per heavy atom. The number of benzene rings is 1. The summed E-state index contributed by atoms with van der Waals surface area (Å²) >= 11 is 0. The summed E-state index contributed by atoms with van der Waals surface area (Å²) in [6.45, 7) is 4.33. The van der Waals surface area contributed by atoms with Crippen molar-refractivity contribution >= 4 is 5.91 Å². The fraction of sp³-hybridized carbons (Fsp3) is 0.444. The predicted molar refractivity (Wildman–Crippen MR) is 90.2 cm³/mol. The van der Waals surface area contributed by atoms with Gasteiger partial charge in [0.05, 0.1) is 12.1 Å². The Balaban J connectivity index is 1.54. The van der Waals surface area contributed by atoms with Gasteiger partial charge in [0, 0.05) is 38.8 Å². The molecule has 1 amide bonds. The van der Waals surface area contributed by atoms with Gasteiger partial charge in [-0.25, -0.2) is 0 Å². The standard InChI is InChI=1S/C18H24N4O/c1-13-3-5-14(6-4-13)7-8-20-18(23)17-11-19-10-16(17)15-9-21-22(2)12-15/h3-6,9,12,16-17,19H,7-8,10-11H2,1-2H3,(H,20,23)/t16-,17+/m1/s1. The predicted octanol–water partition coefficient (Wildman–Crippen LogP) is 1.39. The van der Waals surface area contributed by atoms with E-state index >= 15 is 0 Å². The summed E-state index contributed by atoms with van der Waals surface area (Å²) in [4.78, 5) is 12.5. The highest BCUT2D eigenvalue weighted by Gasteiger charge is 2.34. The van der Waals surface area contributed by atoms with Crippen LogP contribution in [0, 0.1) is 12.8 Å². The minimum atomic E-state index is -0.0165. The molecule has 5 nitrogen and oxygen atoms in total. The average molecular weight is 312 g/mol. The van der Waals surface area contributed by atoms with Crippen LogP contribution in [0.3, 0.4) is 0 Å². The molecule has 2 N–H and O–H groups in total. The average Bonchev–Trinajstić information content (AvgIpc) is 3.17. The first-order chi connectivity index (χ1) is 11.1. The molecule has 122 valence electrons. The van der Waals surface area contributed by atoms with Crippen LogP contribution < -0.4 is 10.6 Å². The number of nitrogens with zero attached hydrogens (tertiary/aromatic N) is 2. The van der Waals surface area contributed by atoms with Crippen molar-refractivity contribution in [3.8, 4) is 0 Å². The van der Waals surface area contributed by atoms with E-state index < -0.39 is 0 Å². The first kappa shape index (κ1) is 15.7. The monoisotopic (exact) mass is 312 g/mol. The zero-order valence-corrected chi connectivity index (χ0v) is 13.7. The summed E-state index contributed by atoms with van der Waals surface area (Å²) in [7, 11) is 1.91. The fourth-order valence-electron chi connectivity index (χ4n) is 3.15. The van der Waals surface area contributed by atoms with Crippen LogP contribution in [-0.2, 0) is 18.3 Å². The first-order valence-corrected chi connectivity index (χ1v) is 8.16. The molecule has 2 atom stereocenters. The van der Waals surface area contributed by atoms with Gasteiger partial charge in [-0.3, -0.25) is 9.48 Å². The molecule has 1 aliphatic heterocycles. The maximum Gasteiger partial charge on any atom is 0.225 e. The van der Waals surface area contributed by atoms with Crippen molar-refractivity contribution in [2.45, 2.75) is 19.3 Å². The van der Waals surface area contributed by atoms with Crippen LogP contribution in [0.1, 0.15) is 22.6 Å². The molecule has 0 radical (unpaired) electrons. The van der Waals surface area contributed by atoms with E-state index in [0.29, 0.717) is 6.54 Å². The smallest absolute Gasteiger partial charge is 0.225 e. The third-order valence-corrected chi connectivity index (χ3v) is 4.54. The molecule has 0 unspecified atom stereocenters. The van der Waals surface area contributed by atoms with E-state index in [-0.39, 0.29) is 17.7 Å². The second kappa shape index (κ2) is 6.96. The van der Waals surface area contributed by atoms with E-state index in [1.165, 1.54) is 11.1 Å². The van der Waals surface area contributed by atoms with Crippen LogP contribution >= 0.6 is 0 Å². The van der Waals surface area contributed by atoms with Crippen LogP contribution in [0.5, 0.6) is 0 Å². The molecule has 2 aromatic rings. The molecule has 0 spiro atoms. The van der Waals surface area contributed by atoms with E-state index in [0.717, 1.165) is 25.1 Å². The molecule has 3 rings (SSSR count). The van der Waals surface area contributed by atoms with Gasteiger partial charge in [-0.2, -0.15) is 5.10 Å². The molecule has 1 aliphatic rings. The van der Waals surface area contributed by atoms with E-state index in [1.54, 1.807) is 4.68 Å². The molecule has 0 aliphatic carbocycles. The third kappa shape index (κ3) is 3.79. The number of carbonyl (C=O) groups is 1. The van der Waals surface area contributed by atoms with E-state index in [1.807, 2.05) is 19.4 Å². The zero-order valence-electron chi connectivity index (χ0n) is 13.7. The van der Waals surface area contributed by atoms with Gasteiger partial charge in [0.25, 0.3) is 0 Å². The lowest BCUT2D eigenvalue weighted by Gasteiger charge is -2.17. The Hall–Kier alpha value is -2.14. The Labute approximate surface area is 137 Å². The number of hydrogen-bond acceptors (Lipinski definition) is 3. The highest BCUT2D eigenvalue weighted by molar-refractivity contribution is 5.80. The number of aryl methyl sites for hydroxylation is 2. The van der Waals surface area contributed by atoms with Gasteiger partial charge in [-0.15, -0.1) is 0 Å². The van der Waals surface area contributed by atoms with E-state index in [2.05, 4.69) is 46.9 Å². The lowest BCUT2D eigenvalue weighted by molar-refractivity contribution is -0.124. The number of carbonyl (C=O) groups excluding carboxylic acids is 1. The third-order valence-electron chi connectivity index (χ3n) is 4.54. The van der Waals surface area contributed by atoms with Crippen LogP contribution in [0.2, 0.25) is 0 Å². The summed E-state index contributed by atoms with van der Waals surface area (Å²) in [5.41, 5.74) is 3.65. The summed E-state index contributed by atoms with van der Waals surface area (Å²) in [6.07, 6.45) is 4.73. The molecule has 1 saturated heterocycles. The summed E-state index contributed by atoms with van der Waals surface area (Å²) in [5.74, 6) is 0.330. The number of aromatic nitrogens is 2. The quantitative estimate of drug-likeness (QED) is 0.877. The zero-order chi connectivity index (χ0) is 16.2. The van der Waals surface area contributed by atoms with Crippen molar-refractivity contribution in [1.82, 2.24) is 20.4 Å². The molecule has 1 fully saturated rings. The Kier molecular flexibility index (Phi) is 4.76. The molecule has 0 bridgehead atoms. The summed E-state index contributed by atoms with van der Waals surface area (Å²) in [6, 6.07) is 8.46. The molecular weight excluding hydrogens is 288 g/mol. The van der Waals surface area contributed by atoms with Crippen LogP contribution in [0.15, 0.2) is 36.7 Å². The summed E-state index contributed by atoms with van der Waals surface area (Å²) in [5, 5.41) is 10.6. The Morgan fingerprint density at radius 2 is 2.13 bits per heavy atom. The summed E-state index contributed by atoms with van der Waals surface area (Å²) < 4.78 is 1.79. The van der Waals surface area contributed by atoms with Gasteiger partial charge in [0.1, 0.15) is 0 Å². The van der Waals surface area contributed by atoms with Crippen molar-refractivity contribution in [1.29, 1.82) is 0 Å². The minimum absolute atomic E-state index is 0.0165. The Bertz CT molecular complexity index is 662. The molecule has 1 aromatic heterocycles. The van der Waals surface area contributed by atoms with Crippen LogP contribution in [0.4, 0.5) is 0 Å². The number of rotatable bonds is 5. The van der Waals surface area contributed by atoms with Crippen molar-refractivity contribution in [3.05, 3.63) is 53.3 Å². The first-order valence-electron chi connectivity index (χ1n) is 8.16. The molecule has 23 heavy (non-hydrogen) atoms. The van der Waals surface area contributed by atoms with E-state index in [9.17, 15) is 4.79 Å². The van der Waals surface area contributed by atoms with Gasteiger partial charge >= 0.3 is 0 Å². The van der Waals surface area contributed by atoms with Crippen molar-refractivity contribution in [3.63, 3.8) is 0 Å². The van der Waals surface area contributed by atoms with Gasteiger partial charge < -0.3 is 10.6 Å². The van der Waals surface area contributed by atoms with Crippen molar-refractivity contribution in [2.75, 3.05) is 19.6 Å². The lowest BCUT2D eigenvalue weighted by Crippen LogP contribution is -2.35. The van der Waals surface area contributed by atoms with Crippen molar-refractivity contribution in [2.24, 2.45) is 13.0 Å². The largest absolute Gasteiger partial charge is 0.355 e. The maximum absolute atomic E-state index is 12.5. The van der Waals surface area contributed by atoms with E-state index in [4.69, 9.17) is 0 Å². The normalized spacial score (nSPS) is 20.6. The van der Waals surface area contributed by atoms with Crippen molar-refractivity contribution < 1.29 is 4.79 Å². The molecular formula is C18H24N4O. The second-order valence-corrected chi connectivity index (χ2v) is 6.35. The lowest BCUT2D eigenvalue weighted by atomic mass is 9.90. The fourth-order valence-corrected chi connectivity index (χ4v) is 3.15. The number of hydrogen-bond donors (Lipinski definition) is 2. The highest BCUT2D eigenvalue weighted by atomic mass is 16.1. The van der Waals surface area contributed by atoms with Crippen LogP contribution in [-0.4, -0.2) is 35.3 Å². The highest BCUT2D eigenvalue weighted by Crippen LogP contribution is 2.27. The second-order valence-electron chi connectivity index (χ2n) is 6.35. The molecule has 1 aromatic carbocycles. The number of amides is 1. The SMILES string of the molecule is Cc1ccc(CCNC(=O)[C@H]2CNC[C@@H]2c2cnn(C)c2)cc1. The van der Waals surface area contributed by atoms with Gasteiger partial charge in [0.15, 0.2) is 0 Å². The van der Waals surface area contributed by atoms with Gasteiger partial charge in [-0.05, 0) is 24.5 Å². The molecule has 2 heterocycles. The Morgan fingerprint density at radius 3 is 2.83 bits per heavy atom. The minimum Gasteiger partial charge on any atom is -0.355 e. The molecule has 0 saturated carbocycles. The van der Waals surface area contributed by atoms with Crippen LogP contribution in [0.25, 0.3) is 0 Å². The maximum atomic E-state index is 12.5. The van der Waals surface area contributed by atoms with Gasteiger partial charge in [-0.1, -0.05) is 29.8 Å². The van der Waals surface area contributed by atoms with Gasteiger partial charge in [0.2, 0.25) is 5.91 Å².